The van der Waals surface area contributed by atoms with E-state index in [2.05, 4.69) is 4.90 Å². The SMILES string of the molecule is CCN(CC)C(=O)CN1CCCc2cc(N)ccc21. The maximum Gasteiger partial charge on any atom is 0.242 e. The Morgan fingerprint density at radius 2 is 2.11 bits per heavy atom. The Kier molecular flexibility index (Phi) is 4.30. The summed E-state index contributed by atoms with van der Waals surface area (Å²) in [6.45, 7) is 7.01. The van der Waals surface area contributed by atoms with Crippen molar-refractivity contribution in [3.63, 3.8) is 0 Å². The molecule has 1 aromatic carbocycles. The molecule has 0 atom stereocenters. The van der Waals surface area contributed by atoms with Crippen LogP contribution in [-0.4, -0.2) is 37.0 Å². The van der Waals surface area contributed by atoms with Crippen LogP contribution in [0.4, 0.5) is 11.4 Å². The van der Waals surface area contributed by atoms with Crippen LogP contribution in [0.25, 0.3) is 0 Å². The summed E-state index contributed by atoms with van der Waals surface area (Å²) in [6, 6.07) is 5.99. The number of anilines is 2. The Hall–Kier alpha value is -1.71. The molecule has 1 heterocycles. The lowest BCUT2D eigenvalue weighted by molar-refractivity contribution is -0.129. The van der Waals surface area contributed by atoms with Crippen LogP contribution in [0.15, 0.2) is 18.2 Å². The minimum atomic E-state index is 0.203. The number of likely N-dealkylation sites (N-methyl/N-ethyl adjacent to an activating group) is 1. The second-order valence-corrected chi connectivity index (χ2v) is 4.98. The highest BCUT2D eigenvalue weighted by Gasteiger charge is 2.20. The topological polar surface area (TPSA) is 49.6 Å². The highest BCUT2D eigenvalue weighted by atomic mass is 16.2. The summed E-state index contributed by atoms with van der Waals surface area (Å²) in [7, 11) is 0. The predicted octanol–water partition coefficient (Wildman–Crippen LogP) is 1.89. The molecule has 1 aromatic rings. The predicted molar refractivity (Wildman–Crippen MR) is 79.3 cm³/mol. The van der Waals surface area contributed by atoms with Crippen LogP contribution in [0.5, 0.6) is 0 Å². The highest BCUT2D eigenvalue weighted by Crippen LogP contribution is 2.28. The Bertz CT molecular complexity index is 455. The van der Waals surface area contributed by atoms with Crippen molar-refractivity contribution >= 4 is 17.3 Å². The lowest BCUT2D eigenvalue weighted by Gasteiger charge is -2.32. The fraction of sp³-hybridized carbons (Fsp3) is 0.533. The van der Waals surface area contributed by atoms with Gasteiger partial charge in [0.25, 0.3) is 0 Å². The molecule has 19 heavy (non-hydrogen) atoms. The van der Waals surface area contributed by atoms with Gasteiger partial charge in [0.2, 0.25) is 5.91 Å². The number of amides is 1. The largest absolute Gasteiger partial charge is 0.399 e. The molecule has 4 nitrogen and oxygen atoms in total. The first-order chi connectivity index (χ1) is 9.15. The van der Waals surface area contributed by atoms with Crippen molar-refractivity contribution < 1.29 is 4.79 Å². The maximum atomic E-state index is 12.2. The summed E-state index contributed by atoms with van der Waals surface area (Å²) >= 11 is 0. The summed E-state index contributed by atoms with van der Waals surface area (Å²) in [6.07, 6.45) is 2.14. The Morgan fingerprint density at radius 1 is 1.37 bits per heavy atom. The Balaban J connectivity index is 2.13. The lowest BCUT2D eigenvalue weighted by Crippen LogP contribution is -2.42. The summed E-state index contributed by atoms with van der Waals surface area (Å²) in [5.41, 5.74) is 9.06. The van der Waals surface area contributed by atoms with E-state index >= 15 is 0 Å². The molecular formula is C15H23N3O. The zero-order chi connectivity index (χ0) is 13.8. The van der Waals surface area contributed by atoms with E-state index in [1.165, 1.54) is 11.3 Å². The number of rotatable bonds is 4. The fourth-order valence-corrected chi connectivity index (χ4v) is 2.70. The van der Waals surface area contributed by atoms with Crippen molar-refractivity contribution in [1.29, 1.82) is 0 Å². The number of nitrogen functional groups attached to an aromatic ring is 1. The molecule has 0 saturated heterocycles. The monoisotopic (exact) mass is 261 g/mol. The van der Waals surface area contributed by atoms with Crippen molar-refractivity contribution in [1.82, 2.24) is 4.90 Å². The number of hydrogen-bond acceptors (Lipinski definition) is 3. The Morgan fingerprint density at radius 3 is 2.79 bits per heavy atom. The second-order valence-electron chi connectivity index (χ2n) is 4.98. The van der Waals surface area contributed by atoms with Gasteiger partial charge in [0.15, 0.2) is 0 Å². The molecule has 0 spiro atoms. The molecule has 0 fully saturated rings. The standard InChI is InChI=1S/C15H23N3O/c1-3-17(4-2)15(19)11-18-9-5-6-12-10-13(16)7-8-14(12)18/h7-8,10H,3-6,9,11,16H2,1-2H3. The van der Waals surface area contributed by atoms with Crippen LogP contribution in [0.2, 0.25) is 0 Å². The third kappa shape index (κ3) is 3.00. The molecule has 4 heteroatoms. The number of hydrogen-bond donors (Lipinski definition) is 1. The molecule has 104 valence electrons. The van der Waals surface area contributed by atoms with Gasteiger partial charge in [-0.3, -0.25) is 4.79 Å². The van der Waals surface area contributed by atoms with Crippen molar-refractivity contribution in [2.45, 2.75) is 26.7 Å². The molecule has 0 radical (unpaired) electrons. The van der Waals surface area contributed by atoms with Crippen molar-refractivity contribution in [2.24, 2.45) is 0 Å². The Labute approximate surface area is 115 Å². The smallest absolute Gasteiger partial charge is 0.242 e. The van der Waals surface area contributed by atoms with Crippen LogP contribution in [0.1, 0.15) is 25.8 Å². The molecule has 0 saturated carbocycles. The summed E-state index contributed by atoms with van der Waals surface area (Å²) in [5, 5.41) is 0. The normalized spacial score (nSPS) is 14.1. The number of fused-ring (bicyclic) bond motifs is 1. The summed E-state index contributed by atoms with van der Waals surface area (Å²) in [4.78, 5) is 16.3. The molecule has 2 N–H and O–H groups in total. The van der Waals surface area contributed by atoms with Gasteiger partial charge in [0.05, 0.1) is 6.54 Å². The van der Waals surface area contributed by atoms with E-state index in [0.717, 1.165) is 38.2 Å². The van der Waals surface area contributed by atoms with Crippen LogP contribution in [0.3, 0.4) is 0 Å². The first-order valence-electron chi connectivity index (χ1n) is 7.06. The molecule has 1 amide bonds. The van der Waals surface area contributed by atoms with E-state index in [-0.39, 0.29) is 5.91 Å². The molecule has 0 aromatic heterocycles. The lowest BCUT2D eigenvalue weighted by atomic mass is 10.0. The average Bonchev–Trinajstić information content (AvgIpc) is 2.40. The van der Waals surface area contributed by atoms with Crippen LogP contribution >= 0.6 is 0 Å². The third-order valence-corrected chi connectivity index (χ3v) is 3.76. The van der Waals surface area contributed by atoms with Gasteiger partial charge in [0, 0.05) is 31.0 Å². The minimum Gasteiger partial charge on any atom is -0.399 e. The summed E-state index contributed by atoms with van der Waals surface area (Å²) < 4.78 is 0. The number of benzene rings is 1. The van der Waals surface area contributed by atoms with Gasteiger partial charge in [-0.05, 0) is 50.5 Å². The van der Waals surface area contributed by atoms with E-state index in [1.54, 1.807) is 0 Å². The first kappa shape index (κ1) is 13.7. The van der Waals surface area contributed by atoms with Crippen LogP contribution < -0.4 is 10.6 Å². The highest BCUT2D eigenvalue weighted by molar-refractivity contribution is 5.82. The third-order valence-electron chi connectivity index (χ3n) is 3.76. The van der Waals surface area contributed by atoms with E-state index in [1.807, 2.05) is 36.9 Å². The molecular weight excluding hydrogens is 238 g/mol. The molecule has 1 aliphatic rings. The van der Waals surface area contributed by atoms with Gasteiger partial charge in [0.1, 0.15) is 0 Å². The van der Waals surface area contributed by atoms with E-state index in [9.17, 15) is 4.79 Å². The van der Waals surface area contributed by atoms with Crippen molar-refractivity contribution in [2.75, 3.05) is 36.8 Å². The van der Waals surface area contributed by atoms with Gasteiger partial charge in [-0.1, -0.05) is 0 Å². The van der Waals surface area contributed by atoms with E-state index < -0.39 is 0 Å². The molecule has 0 aliphatic carbocycles. The minimum absolute atomic E-state index is 0.203. The quantitative estimate of drug-likeness (QED) is 0.842. The van der Waals surface area contributed by atoms with Crippen molar-refractivity contribution in [3.05, 3.63) is 23.8 Å². The average molecular weight is 261 g/mol. The number of nitrogens with zero attached hydrogens (tertiary/aromatic N) is 2. The second kappa shape index (κ2) is 5.95. The maximum absolute atomic E-state index is 12.2. The van der Waals surface area contributed by atoms with Crippen LogP contribution in [0, 0.1) is 0 Å². The fourth-order valence-electron chi connectivity index (χ4n) is 2.70. The van der Waals surface area contributed by atoms with Gasteiger partial charge in [-0.2, -0.15) is 0 Å². The van der Waals surface area contributed by atoms with Gasteiger partial charge in [-0.15, -0.1) is 0 Å². The molecule has 1 aliphatic heterocycles. The van der Waals surface area contributed by atoms with E-state index in [4.69, 9.17) is 5.73 Å². The van der Waals surface area contributed by atoms with E-state index in [0.29, 0.717) is 6.54 Å². The number of aryl methyl sites for hydroxylation is 1. The molecule has 0 bridgehead atoms. The summed E-state index contributed by atoms with van der Waals surface area (Å²) in [5.74, 6) is 0.203. The number of nitrogens with two attached hydrogens (primary N) is 1. The van der Waals surface area contributed by atoms with Gasteiger partial charge < -0.3 is 15.5 Å². The van der Waals surface area contributed by atoms with Gasteiger partial charge in [-0.25, -0.2) is 0 Å². The van der Waals surface area contributed by atoms with Crippen LogP contribution in [-0.2, 0) is 11.2 Å². The number of carbonyl (C=O) groups excluding carboxylic acids is 1. The van der Waals surface area contributed by atoms with Crippen molar-refractivity contribution in [3.8, 4) is 0 Å². The molecule has 2 rings (SSSR count). The molecule has 0 unspecified atom stereocenters. The first-order valence-corrected chi connectivity index (χ1v) is 7.06. The zero-order valence-corrected chi connectivity index (χ0v) is 11.9. The zero-order valence-electron chi connectivity index (χ0n) is 11.9. The number of carbonyl (C=O) groups is 1. The van der Waals surface area contributed by atoms with Gasteiger partial charge >= 0.3 is 0 Å².